The number of nitrogens with zero attached hydrogens (tertiary/aromatic N) is 3. The van der Waals surface area contributed by atoms with Gasteiger partial charge < -0.3 is 4.90 Å². The molecule has 1 aromatic heterocycles. The van der Waals surface area contributed by atoms with E-state index in [1.807, 2.05) is 0 Å². The molecule has 1 aliphatic rings. The Bertz CT molecular complexity index is 636. The van der Waals surface area contributed by atoms with Crippen LogP contribution < -0.4 is 4.90 Å². The number of hydrogen-bond donors (Lipinski definition) is 0. The van der Waals surface area contributed by atoms with Crippen LogP contribution in [0.5, 0.6) is 0 Å². The molecule has 2 aromatic rings. The summed E-state index contributed by atoms with van der Waals surface area (Å²) in [6.07, 6.45) is 3.75. The van der Waals surface area contributed by atoms with Crippen molar-refractivity contribution in [3.8, 4) is 0 Å². The van der Waals surface area contributed by atoms with Crippen molar-refractivity contribution < 1.29 is 8.78 Å². The van der Waals surface area contributed by atoms with Gasteiger partial charge in [-0.2, -0.15) is 4.37 Å². The van der Waals surface area contributed by atoms with Gasteiger partial charge >= 0.3 is 0 Å². The summed E-state index contributed by atoms with van der Waals surface area (Å²) in [6.45, 7) is 3.96. The number of anilines is 1. The fourth-order valence-corrected chi connectivity index (χ4v) is 3.65. The minimum atomic E-state index is -0.776. The van der Waals surface area contributed by atoms with Gasteiger partial charge in [-0.25, -0.2) is 13.8 Å². The maximum Gasteiger partial charge on any atom is 0.205 e. The lowest BCUT2D eigenvalue weighted by molar-refractivity contribution is 0.402. The SMILES string of the molecule is CCc1nsc(N2CCC(Cc3ccc(F)c(F)c3)CC2)n1. The number of piperidine rings is 1. The lowest BCUT2D eigenvalue weighted by Crippen LogP contribution is -2.34. The monoisotopic (exact) mass is 323 g/mol. The van der Waals surface area contributed by atoms with Crippen molar-refractivity contribution in [3.63, 3.8) is 0 Å². The Balaban J connectivity index is 1.56. The third-order valence-corrected chi connectivity index (χ3v) is 4.98. The zero-order chi connectivity index (χ0) is 15.5. The van der Waals surface area contributed by atoms with Crippen molar-refractivity contribution in [2.45, 2.75) is 32.6 Å². The second-order valence-corrected chi connectivity index (χ2v) is 6.46. The standard InChI is InChI=1S/C16H19F2N3S/c1-2-15-19-16(22-20-15)21-7-5-11(6-8-21)9-12-3-4-13(17)14(18)10-12/h3-4,10-11H,2,5-9H2,1H3. The van der Waals surface area contributed by atoms with Crippen LogP contribution >= 0.6 is 11.5 Å². The molecule has 0 atom stereocenters. The van der Waals surface area contributed by atoms with E-state index in [4.69, 9.17) is 0 Å². The number of halogens is 2. The van der Waals surface area contributed by atoms with Crippen molar-refractivity contribution in [1.29, 1.82) is 0 Å². The first-order valence-corrected chi connectivity index (χ1v) is 8.44. The molecule has 1 aliphatic heterocycles. The van der Waals surface area contributed by atoms with Gasteiger partial charge in [0.05, 0.1) is 0 Å². The molecule has 0 aliphatic carbocycles. The normalized spacial score (nSPS) is 16.2. The summed E-state index contributed by atoms with van der Waals surface area (Å²) in [7, 11) is 0. The molecule has 22 heavy (non-hydrogen) atoms. The van der Waals surface area contributed by atoms with E-state index in [-0.39, 0.29) is 0 Å². The maximum atomic E-state index is 13.3. The fraction of sp³-hybridized carbons (Fsp3) is 0.500. The van der Waals surface area contributed by atoms with Gasteiger partial charge in [-0.3, -0.25) is 0 Å². The van der Waals surface area contributed by atoms with E-state index in [9.17, 15) is 8.78 Å². The molecular formula is C16H19F2N3S. The predicted molar refractivity (Wildman–Crippen MR) is 84.3 cm³/mol. The molecule has 0 unspecified atom stereocenters. The molecule has 3 nitrogen and oxygen atoms in total. The zero-order valence-electron chi connectivity index (χ0n) is 12.6. The Hall–Kier alpha value is -1.56. The van der Waals surface area contributed by atoms with Gasteiger partial charge in [0.1, 0.15) is 5.82 Å². The Morgan fingerprint density at radius 2 is 2.00 bits per heavy atom. The molecule has 3 rings (SSSR count). The second kappa shape index (κ2) is 6.69. The van der Waals surface area contributed by atoms with E-state index >= 15 is 0 Å². The summed E-state index contributed by atoms with van der Waals surface area (Å²) in [5.41, 5.74) is 0.876. The molecule has 2 heterocycles. The molecular weight excluding hydrogens is 304 g/mol. The van der Waals surface area contributed by atoms with Gasteiger partial charge in [0.2, 0.25) is 5.13 Å². The van der Waals surface area contributed by atoms with Crippen LogP contribution in [0.1, 0.15) is 31.2 Å². The molecule has 0 amide bonds. The van der Waals surface area contributed by atoms with Crippen LogP contribution in [0.4, 0.5) is 13.9 Å². The third-order valence-electron chi connectivity index (χ3n) is 4.17. The van der Waals surface area contributed by atoms with E-state index in [1.54, 1.807) is 6.07 Å². The molecule has 0 spiro atoms. The topological polar surface area (TPSA) is 29.0 Å². The van der Waals surface area contributed by atoms with Gasteiger partial charge in [0.15, 0.2) is 11.6 Å². The molecule has 1 fully saturated rings. The summed E-state index contributed by atoms with van der Waals surface area (Å²) in [6, 6.07) is 4.22. The van der Waals surface area contributed by atoms with Crippen LogP contribution in [0.3, 0.4) is 0 Å². The smallest absolute Gasteiger partial charge is 0.205 e. The summed E-state index contributed by atoms with van der Waals surface area (Å²) in [5.74, 6) is -0.110. The minimum absolute atomic E-state index is 0.514. The Morgan fingerprint density at radius 3 is 2.64 bits per heavy atom. The summed E-state index contributed by atoms with van der Waals surface area (Å²) < 4.78 is 30.5. The summed E-state index contributed by atoms with van der Waals surface area (Å²) in [4.78, 5) is 6.80. The maximum absolute atomic E-state index is 13.3. The first kappa shape index (κ1) is 15.3. The van der Waals surface area contributed by atoms with Crippen LogP contribution in [-0.4, -0.2) is 22.4 Å². The van der Waals surface area contributed by atoms with Gasteiger partial charge in [0.25, 0.3) is 0 Å². The molecule has 1 aromatic carbocycles. The van der Waals surface area contributed by atoms with Crippen LogP contribution in [-0.2, 0) is 12.8 Å². The molecule has 0 radical (unpaired) electrons. The van der Waals surface area contributed by atoms with Crippen molar-refractivity contribution in [3.05, 3.63) is 41.2 Å². The lowest BCUT2D eigenvalue weighted by atomic mass is 9.90. The van der Waals surface area contributed by atoms with Crippen molar-refractivity contribution in [2.75, 3.05) is 18.0 Å². The Morgan fingerprint density at radius 1 is 1.23 bits per heavy atom. The highest BCUT2D eigenvalue weighted by Crippen LogP contribution is 2.27. The predicted octanol–water partition coefficient (Wildman–Crippen LogP) is 3.84. The highest BCUT2D eigenvalue weighted by molar-refractivity contribution is 7.09. The summed E-state index contributed by atoms with van der Waals surface area (Å²) >= 11 is 1.46. The Labute approximate surface area is 133 Å². The van der Waals surface area contributed by atoms with Crippen molar-refractivity contribution >= 4 is 16.7 Å². The molecule has 118 valence electrons. The molecule has 6 heteroatoms. The quantitative estimate of drug-likeness (QED) is 0.856. The highest BCUT2D eigenvalue weighted by Gasteiger charge is 2.22. The molecule has 0 bridgehead atoms. The molecule has 1 saturated heterocycles. The first-order chi connectivity index (χ1) is 10.7. The third kappa shape index (κ3) is 3.43. The number of rotatable bonds is 4. The van der Waals surface area contributed by atoms with Gasteiger partial charge in [-0.1, -0.05) is 13.0 Å². The van der Waals surface area contributed by atoms with Gasteiger partial charge in [0, 0.05) is 31.0 Å². The fourth-order valence-electron chi connectivity index (χ4n) is 2.85. The van der Waals surface area contributed by atoms with Gasteiger partial charge in [-0.05, 0) is 42.9 Å². The van der Waals surface area contributed by atoms with Crippen LogP contribution in [0.2, 0.25) is 0 Å². The van der Waals surface area contributed by atoms with Crippen molar-refractivity contribution in [1.82, 2.24) is 9.36 Å². The van der Waals surface area contributed by atoms with Crippen LogP contribution in [0.15, 0.2) is 18.2 Å². The van der Waals surface area contributed by atoms with E-state index < -0.39 is 11.6 Å². The average Bonchev–Trinajstić information content (AvgIpc) is 3.01. The largest absolute Gasteiger partial charge is 0.347 e. The number of aryl methyl sites for hydroxylation is 1. The van der Waals surface area contributed by atoms with E-state index in [2.05, 4.69) is 21.2 Å². The van der Waals surface area contributed by atoms with E-state index in [0.29, 0.717) is 5.92 Å². The van der Waals surface area contributed by atoms with E-state index in [0.717, 1.165) is 55.3 Å². The first-order valence-electron chi connectivity index (χ1n) is 7.67. The Kier molecular flexibility index (Phi) is 4.66. The van der Waals surface area contributed by atoms with Crippen molar-refractivity contribution in [2.24, 2.45) is 5.92 Å². The second-order valence-electron chi connectivity index (χ2n) is 5.73. The summed E-state index contributed by atoms with van der Waals surface area (Å²) in [5, 5.41) is 1.00. The zero-order valence-corrected chi connectivity index (χ0v) is 13.4. The number of aromatic nitrogens is 2. The number of benzene rings is 1. The molecule has 0 N–H and O–H groups in total. The van der Waals surface area contributed by atoms with Crippen LogP contribution in [0.25, 0.3) is 0 Å². The number of hydrogen-bond acceptors (Lipinski definition) is 4. The van der Waals surface area contributed by atoms with Crippen LogP contribution in [0, 0.1) is 17.6 Å². The highest BCUT2D eigenvalue weighted by atomic mass is 32.1. The minimum Gasteiger partial charge on any atom is -0.347 e. The average molecular weight is 323 g/mol. The van der Waals surface area contributed by atoms with E-state index in [1.165, 1.54) is 23.7 Å². The van der Waals surface area contributed by atoms with Gasteiger partial charge in [-0.15, -0.1) is 0 Å². The molecule has 0 saturated carbocycles. The lowest BCUT2D eigenvalue weighted by Gasteiger charge is -2.31.